The summed E-state index contributed by atoms with van der Waals surface area (Å²) in [7, 11) is 1.38. The third-order valence-corrected chi connectivity index (χ3v) is 4.00. The SMILES string of the molecule is COc1cc(C(=O)O[C@@H]2CC(C)=C(C=O)[C@H]2CC=O)ccc1O. The molecule has 6 nitrogen and oxygen atoms in total. The van der Waals surface area contributed by atoms with Gasteiger partial charge in [-0.15, -0.1) is 0 Å². The van der Waals surface area contributed by atoms with Gasteiger partial charge in [-0.3, -0.25) is 4.79 Å². The van der Waals surface area contributed by atoms with Crippen LogP contribution in [0.15, 0.2) is 29.3 Å². The summed E-state index contributed by atoms with van der Waals surface area (Å²) in [5, 5.41) is 9.55. The summed E-state index contributed by atoms with van der Waals surface area (Å²) >= 11 is 0. The van der Waals surface area contributed by atoms with E-state index in [2.05, 4.69) is 0 Å². The maximum absolute atomic E-state index is 12.3. The van der Waals surface area contributed by atoms with Crippen LogP contribution >= 0.6 is 0 Å². The highest BCUT2D eigenvalue weighted by Gasteiger charge is 2.35. The van der Waals surface area contributed by atoms with E-state index in [1.807, 2.05) is 0 Å². The molecular weight excluding hydrogens is 300 g/mol. The van der Waals surface area contributed by atoms with Gasteiger partial charge in [0.15, 0.2) is 11.5 Å². The molecule has 0 aromatic heterocycles. The van der Waals surface area contributed by atoms with Crippen molar-refractivity contribution in [3.63, 3.8) is 0 Å². The highest BCUT2D eigenvalue weighted by molar-refractivity contribution is 5.90. The van der Waals surface area contributed by atoms with Crippen LogP contribution < -0.4 is 4.74 Å². The Morgan fingerprint density at radius 2 is 2.13 bits per heavy atom. The van der Waals surface area contributed by atoms with Gasteiger partial charge in [0.1, 0.15) is 18.7 Å². The summed E-state index contributed by atoms with van der Waals surface area (Å²) < 4.78 is 10.4. The predicted molar refractivity (Wildman–Crippen MR) is 81.4 cm³/mol. The lowest BCUT2D eigenvalue weighted by molar-refractivity contribution is -0.109. The van der Waals surface area contributed by atoms with Crippen LogP contribution in [-0.4, -0.2) is 36.9 Å². The fourth-order valence-electron chi connectivity index (χ4n) is 2.78. The average Bonchev–Trinajstić information content (AvgIpc) is 2.83. The molecule has 1 aliphatic rings. The molecule has 1 aliphatic carbocycles. The molecule has 0 fully saturated rings. The molecule has 6 heteroatoms. The lowest BCUT2D eigenvalue weighted by Crippen LogP contribution is -2.25. The normalized spacial score (nSPS) is 20.3. The van der Waals surface area contributed by atoms with Crippen molar-refractivity contribution >= 4 is 18.5 Å². The first-order chi connectivity index (χ1) is 11.0. The van der Waals surface area contributed by atoms with Gasteiger partial charge in [-0.2, -0.15) is 0 Å². The second-order valence-corrected chi connectivity index (χ2v) is 5.40. The highest BCUT2D eigenvalue weighted by Crippen LogP contribution is 2.35. The van der Waals surface area contributed by atoms with Gasteiger partial charge in [0.25, 0.3) is 0 Å². The second-order valence-electron chi connectivity index (χ2n) is 5.40. The van der Waals surface area contributed by atoms with E-state index in [1.54, 1.807) is 6.92 Å². The molecule has 0 heterocycles. The van der Waals surface area contributed by atoms with Crippen molar-refractivity contribution in [3.8, 4) is 11.5 Å². The van der Waals surface area contributed by atoms with Crippen LogP contribution in [-0.2, 0) is 14.3 Å². The number of esters is 1. The third kappa shape index (κ3) is 3.41. The van der Waals surface area contributed by atoms with E-state index in [0.717, 1.165) is 18.1 Å². The Kier molecular flexibility index (Phi) is 5.16. The van der Waals surface area contributed by atoms with Crippen molar-refractivity contribution in [1.82, 2.24) is 0 Å². The first kappa shape index (κ1) is 16.7. The number of carbonyl (C=O) groups excluding carboxylic acids is 3. The monoisotopic (exact) mass is 318 g/mol. The number of ether oxygens (including phenoxy) is 2. The number of aldehydes is 2. The van der Waals surface area contributed by atoms with Gasteiger partial charge in [0, 0.05) is 18.8 Å². The molecular formula is C17H18O6. The molecule has 0 spiro atoms. The molecule has 1 aromatic carbocycles. The number of hydrogen-bond acceptors (Lipinski definition) is 6. The molecule has 0 amide bonds. The molecule has 0 saturated heterocycles. The lowest BCUT2D eigenvalue weighted by atomic mass is 9.96. The van der Waals surface area contributed by atoms with E-state index in [0.29, 0.717) is 12.0 Å². The van der Waals surface area contributed by atoms with Gasteiger partial charge in [-0.25, -0.2) is 4.79 Å². The van der Waals surface area contributed by atoms with Gasteiger partial charge in [0.2, 0.25) is 0 Å². The predicted octanol–water partition coefficient (Wildman–Crippen LogP) is 2.05. The topological polar surface area (TPSA) is 89.9 Å². The molecule has 1 aromatic rings. The number of aromatic hydroxyl groups is 1. The Labute approximate surface area is 133 Å². The van der Waals surface area contributed by atoms with E-state index in [-0.39, 0.29) is 23.5 Å². The Balaban J connectivity index is 2.17. The first-order valence-electron chi connectivity index (χ1n) is 7.18. The number of phenolic OH excluding ortho intramolecular Hbond substituents is 1. The molecule has 2 rings (SSSR count). The minimum atomic E-state index is -0.593. The smallest absolute Gasteiger partial charge is 0.338 e. The second kappa shape index (κ2) is 7.09. The number of rotatable bonds is 6. The number of hydrogen-bond donors (Lipinski definition) is 1. The van der Waals surface area contributed by atoms with Crippen molar-refractivity contribution in [2.75, 3.05) is 7.11 Å². The zero-order valence-electron chi connectivity index (χ0n) is 12.9. The maximum atomic E-state index is 12.3. The standard InChI is InChI=1S/C17H18O6/c1-10-7-15(12(5-6-18)13(10)9-19)23-17(21)11-3-4-14(20)16(8-11)22-2/h3-4,6,8-9,12,15,20H,5,7H2,1-2H3/t12-,15-/m1/s1. The highest BCUT2D eigenvalue weighted by atomic mass is 16.5. The minimum absolute atomic E-state index is 0.0792. The van der Waals surface area contributed by atoms with Crippen LogP contribution in [0.4, 0.5) is 0 Å². The van der Waals surface area contributed by atoms with Gasteiger partial charge < -0.3 is 19.4 Å². The van der Waals surface area contributed by atoms with Gasteiger partial charge >= 0.3 is 5.97 Å². The summed E-state index contributed by atoms with van der Waals surface area (Å²) in [4.78, 5) is 34.3. The molecule has 0 saturated carbocycles. The number of phenols is 1. The quantitative estimate of drug-likeness (QED) is 0.638. The molecule has 1 N–H and O–H groups in total. The Bertz CT molecular complexity index is 661. The summed E-state index contributed by atoms with van der Waals surface area (Å²) in [6.45, 7) is 1.79. The average molecular weight is 318 g/mol. The fourth-order valence-corrected chi connectivity index (χ4v) is 2.78. The molecule has 2 atom stereocenters. The van der Waals surface area contributed by atoms with Crippen LogP contribution in [0, 0.1) is 5.92 Å². The van der Waals surface area contributed by atoms with Crippen molar-refractivity contribution in [1.29, 1.82) is 0 Å². The molecule has 122 valence electrons. The van der Waals surface area contributed by atoms with Gasteiger partial charge in [-0.1, -0.05) is 5.57 Å². The van der Waals surface area contributed by atoms with Crippen LogP contribution in [0.2, 0.25) is 0 Å². The fraction of sp³-hybridized carbons (Fsp3) is 0.353. The number of methoxy groups -OCH3 is 1. The van der Waals surface area contributed by atoms with Crippen molar-refractivity contribution in [2.24, 2.45) is 5.92 Å². The Morgan fingerprint density at radius 3 is 2.74 bits per heavy atom. The van der Waals surface area contributed by atoms with Crippen molar-refractivity contribution < 1.29 is 29.0 Å². The minimum Gasteiger partial charge on any atom is -0.504 e. The van der Waals surface area contributed by atoms with Crippen molar-refractivity contribution in [3.05, 3.63) is 34.9 Å². The van der Waals surface area contributed by atoms with Gasteiger partial charge in [0.05, 0.1) is 12.7 Å². The Morgan fingerprint density at radius 1 is 1.39 bits per heavy atom. The summed E-state index contributed by atoms with van der Waals surface area (Å²) in [5.74, 6) is -0.917. The van der Waals surface area contributed by atoms with Crippen molar-refractivity contribution in [2.45, 2.75) is 25.9 Å². The summed E-state index contributed by atoms with van der Waals surface area (Å²) in [5.41, 5.74) is 1.58. The molecule has 0 radical (unpaired) electrons. The largest absolute Gasteiger partial charge is 0.504 e. The van der Waals surface area contributed by atoms with Gasteiger partial charge in [-0.05, 0) is 30.7 Å². The van der Waals surface area contributed by atoms with Crippen LogP contribution in [0.3, 0.4) is 0 Å². The van der Waals surface area contributed by atoms with E-state index in [9.17, 15) is 19.5 Å². The number of benzene rings is 1. The first-order valence-corrected chi connectivity index (χ1v) is 7.18. The number of carbonyl (C=O) groups is 3. The molecule has 0 aliphatic heterocycles. The third-order valence-electron chi connectivity index (χ3n) is 4.00. The lowest BCUT2D eigenvalue weighted by Gasteiger charge is -2.20. The summed E-state index contributed by atoms with van der Waals surface area (Å²) in [6, 6.07) is 4.14. The van der Waals surface area contributed by atoms with E-state index < -0.39 is 18.0 Å². The summed E-state index contributed by atoms with van der Waals surface area (Å²) in [6.07, 6.45) is 1.45. The Hall–Kier alpha value is -2.63. The van der Waals surface area contributed by atoms with E-state index >= 15 is 0 Å². The van der Waals surface area contributed by atoms with Crippen LogP contribution in [0.5, 0.6) is 11.5 Å². The zero-order valence-corrected chi connectivity index (χ0v) is 12.9. The molecule has 0 unspecified atom stereocenters. The van der Waals surface area contributed by atoms with E-state index in [4.69, 9.17) is 9.47 Å². The zero-order chi connectivity index (χ0) is 17.0. The van der Waals surface area contributed by atoms with E-state index in [1.165, 1.54) is 25.3 Å². The molecule has 0 bridgehead atoms. The van der Waals surface area contributed by atoms with Crippen LogP contribution in [0.25, 0.3) is 0 Å². The molecule has 23 heavy (non-hydrogen) atoms. The van der Waals surface area contributed by atoms with Crippen LogP contribution in [0.1, 0.15) is 30.1 Å². The maximum Gasteiger partial charge on any atom is 0.338 e.